The number of carbonyl (C=O) groups is 3. The highest BCUT2D eigenvalue weighted by molar-refractivity contribution is 7.13. The number of hydrogen-bond acceptors (Lipinski definition) is 13. The first-order chi connectivity index (χ1) is 32.1. The number of aryl methyl sites for hydroxylation is 1. The SMILES string of the molecule is C=C1N(c2ccc(C#N)c(C(F)(F)F)c2F)C(=O)C(C)(C)N1c1ccc(-c2ccc(OCCCCOCC(=O)N[C@H](C(=O)N3C[C@H](O)C[C@H]3c3ncc(-c4scnc4C)o3)C(C)(C)C)cc2)nc1. The first-order valence-corrected chi connectivity index (χ1v) is 22.5. The number of likely N-dealkylation sites (tertiary alicyclic amines) is 1. The molecule has 0 radical (unpaired) electrons. The van der Waals surface area contributed by atoms with E-state index >= 15 is 4.39 Å². The number of aliphatic hydroxyl groups is 1. The second-order valence-corrected chi connectivity index (χ2v) is 18.9. The molecule has 5 heterocycles. The number of aromatic nitrogens is 3. The lowest BCUT2D eigenvalue weighted by atomic mass is 9.85. The van der Waals surface area contributed by atoms with Crippen LogP contribution in [-0.4, -0.2) is 86.7 Å². The zero-order valence-electron chi connectivity index (χ0n) is 38.2. The first kappa shape index (κ1) is 49.2. The largest absolute Gasteiger partial charge is 0.494 e. The number of unbranched alkanes of at least 4 members (excludes halogenated alkanes) is 1. The number of alkyl halides is 3. The Hall–Kier alpha value is -6.69. The summed E-state index contributed by atoms with van der Waals surface area (Å²) in [4.78, 5) is 58.5. The van der Waals surface area contributed by atoms with E-state index in [2.05, 4.69) is 26.8 Å². The predicted molar refractivity (Wildman–Crippen MR) is 243 cm³/mol. The number of nitrogens with zero attached hydrogens (tertiary/aromatic N) is 7. The van der Waals surface area contributed by atoms with Crippen molar-refractivity contribution >= 4 is 40.4 Å². The Morgan fingerprint density at radius 2 is 1.78 bits per heavy atom. The summed E-state index contributed by atoms with van der Waals surface area (Å²) < 4.78 is 74.4. The van der Waals surface area contributed by atoms with Gasteiger partial charge in [0.15, 0.2) is 11.6 Å². The molecule has 0 spiro atoms. The standard InChI is InChI=1S/C48H50F4N8O7S/c1-27-41(68-26-56-27)37-23-55-43(67-37)36-20-32(61)24-58(36)44(63)42(46(3,4)5)57-38(62)25-65-18-8-9-19-66-33-14-10-29(11-15-33)34-16-13-31(22-54-34)60-28(2)59(45(64)47(60,6)7)35-17-12-30(21-53)39(40(35)49)48(50,51)52/h10-17,22-23,26,32,36,42,61H,2,8-9,18-20,24-25H2,1,3-7H3,(H,57,62)/t32-,36+,42-/m1/s1. The molecule has 358 valence electrons. The second-order valence-electron chi connectivity index (χ2n) is 18.0. The van der Waals surface area contributed by atoms with E-state index in [0.29, 0.717) is 48.2 Å². The number of anilines is 2. The molecule has 2 aliphatic rings. The minimum absolute atomic E-state index is 0.0665. The molecule has 2 aliphatic heterocycles. The first-order valence-electron chi connectivity index (χ1n) is 21.7. The number of aliphatic hydroxyl groups excluding tert-OH is 1. The van der Waals surface area contributed by atoms with Crippen molar-refractivity contribution in [2.45, 2.75) is 90.7 Å². The number of hydrogen-bond donors (Lipinski definition) is 2. The molecule has 2 saturated heterocycles. The van der Waals surface area contributed by atoms with Gasteiger partial charge in [0.2, 0.25) is 17.7 Å². The molecule has 3 amide bonds. The van der Waals surface area contributed by atoms with Crippen LogP contribution in [0, 0.1) is 29.5 Å². The van der Waals surface area contributed by atoms with Crippen LogP contribution in [0.1, 0.15) is 82.6 Å². The lowest BCUT2D eigenvalue weighted by molar-refractivity contribution is -0.142. The maximum Gasteiger partial charge on any atom is 0.420 e. The van der Waals surface area contributed by atoms with Crippen molar-refractivity contribution in [1.29, 1.82) is 5.26 Å². The third-order valence-corrected chi connectivity index (χ3v) is 12.6. The number of ether oxygens (including phenoxy) is 2. The molecular weight excluding hydrogens is 909 g/mol. The maximum atomic E-state index is 15.4. The number of benzene rings is 2. The van der Waals surface area contributed by atoms with Gasteiger partial charge in [-0.15, -0.1) is 11.3 Å². The number of oxazole rings is 1. The van der Waals surface area contributed by atoms with Gasteiger partial charge in [0.25, 0.3) is 5.91 Å². The van der Waals surface area contributed by atoms with Gasteiger partial charge in [0.05, 0.1) is 69.9 Å². The number of rotatable bonds is 15. The Kier molecular flexibility index (Phi) is 14.1. The van der Waals surface area contributed by atoms with E-state index in [0.717, 1.165) is 33.2 Å². The average molecular weight is 959 g/mol. The average Bonchev–Trinajstić information content (AvgIpc) is 4.07. The predicted octanol–water partition coefficient (Wildman–Crippen LogP) is 8.34. The van der Waals surface area contributed by atoms with Crippen LogP contribution in [0.2, 0.25) is 0 Å². The second kappa shape index (κ2) is 19.5. The summed E-state index contributed by atoms with van der Waals surface area (Å²) in [5.41, 5.74) is -1.21. The molecule has 15 nitrogen and oxygen atoms in total. The normalized spacial score (nSPS) is 17.7. The van der Waals surface area contributed by atoms with E-state index in [4.69, 9.17) is 13.9 Å². The van der Waals surface area contributed by atoms with Gasteiger partial charge in [-0.3, -0.25) is 24.3 Å². The molecular formula is C48H50F4N8O7S. The van der Waals surface area contributed by atoms with Crippen LogP contribution in [-0.2, 0) is 25.3 Å². The van der Waals surface area contributed by atoms with Crippen LogP contribution >= 0.6 is 11.3 Å². The molecule has 0 bridgehead atoms. The Balaban J connectivity index is 0.869. The van der Waals surface area contributed by atoms with Gasteiger partial charge in [-0.05, 0) is 87.6 Å². The molecule has 2 N–H and O–H groups in total. The molecule has 0 aliphatic carbocycles. The summed E-state index contributed by atoms with van der Waals surface area (Å²) in [6.07, 6.45) is -1.44. The van der Waals surface area contributed by atoms with Crippen LogP contribution in [0.5, 0.6) is 5.75 Å². The third kappa shape index (κ3) is 10.1. The van der Waals surface area contributed by atoms with E-state index in [9.17, 15) is 37.9 Å². The van der Waals surface area contributed by atoms with E-state index in [-0.39, 0.29) is 37.9 Å². The highest BCUT2D eigenvalue weighted by Crippen LogP contribution is 2.44. The highest BCUT2D eigenvalue weighted by atomic mass is 32.1. The summed E-state index contributed by atoms with van der Waals surface area (Å²) in [7, 11) is 0. The maximum absolute atomic E-state index is 15.4. The minimum atomic E-state index is -5.18. The van der Waals surface area contributed by atoms with E-state index in [1.54, 1.807) is 36.0 Å². The van der Waals surface area contributed by atoms with E-state index < -0.39 is 69.8 Å². The van der Waals surface area contributed by atoms with E-state index in [1.807, 2.05) is 39.8 Å². The number of amides is 3. The molecule has 2 aromatic carbocycles. The molecule has 20 heteroatoms. The monoisotopic (exact) mass is 958 g/mol. The summed E-state index contributed by atoms with van der Waals surface area (Å²) >= 11 is 1.42. The van der Waals surface area contributed by atoms with Crippen LogP contribution in [0.3, 0.4) is 0 Å². The van der Waals surface area contributed by atoms with Crippen LogP contribution in [0.4, 0.5) is 28.9 Å². The fraction of sp³-hybridized carbons (Fsp3) is 0.396. The Morgan fingerprint density at radius 3 is 2.41 bits per heavy atom. The summed E-state index contributed by atoms with van der Waals surface area (Å²) in [5.74, 6) is -1.96. The Labute approximate surface area is 394 Å². The molecule has 2 fully saturated rings. The van der Waals surface area contributed by atoms with Gasteiger partial charge in [0.1, 0.15) is 41.4 Å². The summed E-state index contributed by atoms with van der Waals surface area (Å²) in [6, 6.07) is 12.1. The van der Waals surface area contributed by atoms with Crippen LogP contribution < -0.4 is 19.9 Å². The summed E-state index contributed by atoms with van der Waals surface area (Å²) in [5, 5.41) is 22.6. The Morgan fingerprint density at radius 1 is 1.06 bits per heavy atom. The van der Waals surface area contributed by atoms with Crippen molar-refractivity contribution in [3.8, 4) is 33.7 Å². The van der Waals surface area contributed by atoms with Crippen molar-refractivity contribution in [2.75, 3.05) is 36.2 Å². The summed E-state index contributed by atoms with van der Waals surface area (Å²) in [6.45, 7) is 14.8. The fourth-order valence-electron chi connectivity index (χ4n) is 8.20. The number of nitriles is 1. The van der Waals surface area contributed by atoms with Gasteiger partial charge in [-0.1, -0.05) is 27.4 Å². The van der Waals surface area contributed by atoms with Crippen LogP contribution in [0.25, 0.3) is 21.9 Å². The molecule has 3 aromatic heterocycles. The highest BCUT2D eigenvalue weighted by Gasteiger charge is 2.51. The van der Waals surface area contributed by atoms with Gasteiger partial charge >= 0.3 is 6.18 Å². The number of carbonyl (C=O) groups excluding carboxylic acids is 3. The van der Waals surface area contributed by atoms with Gasteiger partial charge < -0.3 is 34.1 Å². The minimum Gasteiger partial charge on any atom is -0.494 e. The molecule has 0 unspecified atom stereocenters. The van der Waals surface area contributed by atoms with Crippen molar-refractivity contribution < 1.29 is 50.9 Å². The van der Waals surface area contributed by atoms with E-state index in [1.165, 1.54) is 47.3 Å². The molecule has 3 atom stereocenters. The van der Waals surface area contributed by atoms with Gasteiger partial charge in [-0.25, -0.2) is 14.4 Å². The van der Waals surface area contributed by atoms with Gasteiger partial charge in [-0.2, -0.15) is 18.4 Å². The number of nitrogens with one attached hydrogen (secondary N) is 1. The van der Waals surface area contributed by atoms with Crippen molar-refractivity contribution in [2.24, 2.45) is 5.41 Å². The van der Waals surface area contributed by atoms with Crippen molar-refractivity contribution in [3.63, 3.8) is 0 Å². The number of β-amino-alcohol motifs (C(OH)–C–C–N with tert-alkyl or cyclic N) is 1. The zero-order valence-corrected chi connectivity index (χ0v) is 39.0. The molecule has 7 rings (SSSR count). The lowest BCUT2D eigenvalue weighted by Gasteiger charge is -2.35. The van der Waals surface area contributed by atoms with Crippen LogP contribution in [0.15, 0.2) is 83.3 Å². The lowest BCUT2D eigenvalue weighted by Crippen LogP contribution is -2.55. The smallest absolute Gasteiger partial charge is 0.420 e. The molecule has 5 aromatic rings. The molecule has 0 saturated carbocycles. The number of halogens is 4. The molecule has 68 heavy (non-hydrogen) atoms. The van der Waals surface area contributed by atoms with Crippen molar-refractivity contribution in [3.05, 3.63) is 107 Å². The quantitative estimate of drug-likeness (QED) is 0.0756. The number of pyridine rings is 1. The number of thiazole rings is 1. The third-order valence-electron chi connectivity index (χ3n) is 11.7. The van der Waals surface area contributed by atoms with Gasteiger partial charge in [0, 0.05) is 25.1 Å². The Bertz CT molecular complexity index is 2730. The van der Waals surface area contributed by atoms with Crippen molar-refractivity contribution in [1.82, 2.24) is 25.2 Å². The topological polar surface area (TPSA) is 187 Å². The zero-order chi connectivity index (χ0) is 49.3. The fourth-order valence-corrected chi connectivity index (χ4v) is 8.95.